The minimum atomic E-state index is -0.373. The first kappa shape index (κ1) is 14.0. The standard InChI is InChI=1S/C17H13FN2O2/c1-21-15-6-3-10(7-16(15)22-2)17-13(9-19)12-8-11(18)4-5-14(12)20-17/h3-8,20H,1-2H3. The highest BCUT2D eigenvalue weighted by atomic mass is 19.1. The number of rotatable bonds is 3. The van der Waals surface area contributed by atoms with Crippen LogP contribution in [0, 0.1) is 17.1 Å². The number of hydrogen-bond acceptors (Lipinski definition) is 3. The Morgan fingerprint density at radius 3 is 2.50 bits per heavy atom. The molecule has 0 saturated heterocycles. The minimum absolute atomic E-state index is 0.373. The minimum Gasteiger partial charge on any atom is -0.493 e. The quantitative estimate of drug-likeness (QED) is 0.798. The fraction of sp³-hybridized carbons (Fsp3) is 0.118. The smallest absolute Gasteiger partial charge is 0.161 e. The predicted octanol–water partition coefficient (Wildman–Crippen LogP) is 3.86. The van der Waals surface area contributed by atoms with Gasteiger partial charge in [-0.3, -0.25) is 0 Å². The largest absolute Gasteiger partial charge is 0.493 e. The first-order valence-electron chi connectivity index (χ1n) is 6.61. The van der Waals surface area contributed by atoms with Crippen LogP contribution in [0.3, 0.4) is 0 Å². The topological polar surface area (TPSA) is 58.0 Å². The van der Waals surface area contributed by atoms with Crippen LogP contribution in [0.15, 0.2) is 36.4 Å². The van der Waals surface area contributed by atoms with Crippen LogP contribution in [-0.2, 0) is 0 Å². The van der Waals surface area contributed by atoms with Gasteiger partial charge in [0.15, 0.2) is 11.5 Å². The van der Waals surface area contributed by atoms with Crippen molar-refractivity contribution in [3.05, 3.63) is 47.8 Å². The maximum Gasteiger partial charge on any atom is 0.161 e. The van der Waals surface area contributed by atoms with Gasteiger partial charge in [0, 0.05) is 16.5 Å². The zero-order valence-electron chi connectivity index (χ0n) is 12.1. The van der Waals surface area contributed by atoms with E-state index in [2.05, 4.69) is 11.1 Å². The zero-order chi connectivity index (χ0) is 15.7. The van der Waals surface area contributed by atoms with Crippen molar-refractivity contribution in [3.63, 3.8) is 0 Å². The molecule has 110 valence electrons. The number of aromatic amines is 1. The third-order valence-electron chi connectivity index (χ3n) is 3.54. The van der Waals surface area contributed by atoms with Gasteiger partial charge in [0.1, 0.15) is 11.9 Å². The molecule has 0 radical (unpaired) electrons. The number of benzene rings is 2. The van der Waals surface area contributed by atoms with E-state index in [1.807, 2.05) is 6.07 Å². The lowest BCUT2D eigenvalue weighted by atomic mass is 10.1. The van der Waals surface area contributed by atoms with E-state index in [0.29, 0.717) is 33.7 Å². The van der Waals surface area contributed by atoms with Gasteiger partial charge in [-0.05, 0) is 36.4 Å². The molecule has 1 N–H and O–H groups in total. The maximum absolute atomic E-state index is 13.4. The van der Waals surface area contributed by atoms with E-state index in [-0.39, 0.29) is 5.82 Å². The van der Waals surface area contributed by atoms with E-state index in [0.717, 1.165) is 5.56 Å². The molecule has 2 aromatic carbocycles. The number of ether oxygens (including phenoxy) is 2. The van der Waals surface area contributed by atoms with Crippen LogP contribution in [0.5, 0.6) is 11.5 Å². The average Bonchev–Trinajstić information content (AvgIpc) is 2.91. The molecule has 0 saturated carbocycles. The number of halogens is 1. The first-order valence-corrected chi connectivity index (χ1v) is 6.61. The Kier molecular flexibility index (Phi) is 3.43. The Labute approximate surface area is 126 Å². The van der Waals surface area contributed by atoms with Crippen LogP contribution >= 0.6 is 0 Å². The molecule has 0 bridgehead atoms. The van der Waals surface area contributed by atoms with Crippen molar-refractivity contribution in [2.24, 2.45) is 0 Å². The van der Waals surface area contributed by atoms with Crippen LogP contribution in [0.25, 0.3) is 22.2 Å². The SMILES string of the molecule is COc1ccc(-c2[nH]c3ccc(F)cc3c2C#N)cc1OC. The van der Waals surface area contributed by atoms with Gasteiger partial charge in [-0.1, -0.05) is 0 Å². The summed E-state index contributed by atoms with van der Waals surface area (Å²) in [7, 11) is 3.11. The van der Waals surface area contributed by atoms with Crippen molar-refractivity contribution < 1.29 is 13.9 Å². The van der Waals surface area contributed by atoms with Crippen LogP contribution in [0.4, 0.5) is 4.39 Å². The molecule has 4 nitrogen and oxygen atoms in total. The number of nitriles is 1. The molecule has 1 aromatic heterocycles. The fourth-order valence-corrected chi connectivity index (χ4v) is 2.49. The molecule has 3 rings (SSSR count). The van der Waals surface area contributed by atoms with Crippen molar-refractivity contribution >= 4 is 10.9 Å². The van der Waals surface area contributed by atoms with Gasteiger partial charge >= 0.3 is 0 Å². The van der Waals surface area contributed by atoms with E-state index >= 15 is 0 Å². The van der Waals surface area contributed by atoms with Crippen LogP contribution in [0.1, 0.15) is 5.56 Å². The Balaban J connectivity index is 2.24. The fourth-order valence-electron chi connectivity index (χ4n) is 2.49. The summed E-state index contributed by atoms with van der Waals surface area (Å²) < 4.78 is 23.9. The lowest BCUT2D eigenvalue weighted by Gasteiger charge is -2.09. The van der Waals surface area contributed by atoms with E-state index in [1.54, 1.807) is 32.4 Å². The molecule has 0 spiro atoms. The summed E-state index contributed by atoms with van der Waals surface area (Å²) in [4.78, 5) is 3.16. The number of hydrogen-bond donors (Lipinski definition) is 1. The van der Waals surface area contributed by atoms with Crippen LogP contribution in [-0.4, -0.2) is 19.2 Å². The van der Waals surface area contributed by atoms with Gasteiger partial charge in [-0.15, -0.1) is 0 Å². The summed E-state index contributed by atoms with van der Waals surface area (Å²) in [6.07, 6.45) is 0. The van der Waals surface area contributed by atoms with Crippen LogP contribution < -0.4 is 9.47 Å². The highest BCUT2D eigenvalue weighted by Crippen LogP contribution is 2.35. The monoisotopic (exact) mass is 296 g/mol. The molecule has 5 heteroatoms. The van der Waals surface area contributed by atoms with Crippen molar-refractivity contribution in [2.75, 3.05) is 14.2 Å². The normalized spacial score (nSPS) is 10.5. The average molecular weight is 296 g/mol. The second-order valence-electron chi connectivity index (χ2n) is 4.75. The van der Waals surface area contributed by atoms with Crippen molar-refractivity contribution in [2.45, 2.75) is 0 Å². The first-order chi connectivity index (χ1) is 10.7. The second kappa shape index (κ2) is 5.41. The Hall–Kier alpha value is -3.00. The number of fused-ring (bicyclic) bond motifs is 1. The predicted molar refractivity (Wildman–Crippen MR) is 81.5 cm³/mol. The molecule has 22 heavy (non-hydrogen) atoms. The summed E-state index contributed by atoms with van der Waals surface area (Å²) in [5, 5.41) is 10.00. The van der Waals surface area contributed by atoms with E-state index in [9.17, 15) is 9.65 Å². The van der Waals surface area contributed by atoms with Gasteiger partial charge in [-0.25, -0.2) is 4.39 Å². The molecular weight excluding hydrogens is 283 g/mol. The molecule has 0 atom stereocenters. The lowest BCUT2D eigenvalue weighted by molar-refractivity contribution is 0.355. The Morgan fingerprint density at radius 2 is 1.82 bits per heavy atom. The third kappa shape index (κ3) is 2.15. The number of H-pyrrole nitrogens is 1. The van der Waals surface area contributed by atoms with Gasteiger partial charge in [-0.2, -0.15) is 5.26 Å². The van der Waals surface area contributed by atoms with Gasteiger partial charge in [0.25, 0.3) is 0 Å². The third-order valence-corrected chi connectivity index (χ3v) is 3.54. The molecule has 0 unspecified atom stereocenters. The number of aromatic nitrogens is 1. The van der Waals surface area contributed by atoms with E-state index in [4.69, 9.17) is 9.47 Å². The number of methoxy groups -OCH3 is 2. The second-order valence-corrected chi connectivity index (χ2v) is 4.75. The lowest BCUT2D eigenvalue weighted by Crippen LogP contribution is -1.91. The zero-order valence-corrected chi connectivity index (χ0v) is 12.1. The summed E-state index contributed by atoms with van der Waals surface area (Å²) in [6, 6.07) is 11.8. The number of nitrogens with zero attached hydrogens (tertiary/aromatic N) is 1. The molecule has 0 aliphatic rings. The molecule has 3 aromatic rings. The highest BCUT2D eigenvalue weighted by molar-refractivity contribution is 5.93. The van der Waals surface area contributed by atoms with E-state index in [1.165, 1.54) is 12.1 Å². The van der Waals surface area contributed by atoms with Gasteiger partial charge in [0.05, 0.1) is 25.5 Å². The summed E-state index contributed by atoms with van der Waals surface area (Å²) in [5.74, 6) is 0.794. The molecule has 0 aliphatic heterocycles. The number of nitrogens with one attached hydrogen (secondary N) is 1. The Bertz CT molecular complexity index is 894. The highest BCUT2D eigenvalue weighted by Gasteiger charge is 2.15. The van der Waals surface area contributed by atoms with E-state index < -0.39 is 0 Å². The summed E-state index contributed by atoms with van der Waals surface area (Å²) >= 11 is 0. The molecule has 0 amide bonds. The maximum atomic E-state index is 13.4. The summed E-state index contributed by atoms with van der Waals surface area (Å²) in [6.45, 7) is 0. The van der Waals surface area contributed by atoms with Crippen LogP contribution in [0.2, 0.25) is 0 Å². The van der Waals surface area contributed by atoms with Crippen molar-refractivity contribution in [1.82, 2.24) is 4.98 Å². The molecule has 0 aliphatic carbocycles. The van der Waals surface area contributed by atoms with Gasteiger partial charge < -0.3 is 14.5 Å². The molecular formula is C17H13FN2O2. The Morgan fingerprint density at radius 1 is 1.05 bits per heavy atom. The van der Waals surface area contributed by atoms with Crippen molar-refractivity contribution in [3.8, 4) is 28.8 Å². The molecule has 0 fully saturated rings. The van der Waals surface area contributed by atoms with Crippen molar-refractivity contribution in [1.29, 1.82) is 5.26 Å². The molecule has 1 heterocycles. The van der Waals surface area contributed by atoms with Gasteiger partial charge in [0.2, 0.25) is 0 Å². The summed E-state index contributed by atoms with van der Waals surface area (Å²) in [5.41, 5.74) is 2.51.